The van der Waals surface area contributed by atoms with Crippen LogP contribution in [0.3, 0.4) is 0 Å². The molecular weight excluding hydrogens is 226 g/mol. The van der Waals surface area contributed by atoms with Crippen LogP contribution < -0.4 is 10.2 Å². The minimum atomic E-state index is 0.542. The molecule has 0 unspecified atom stereocenters. The number of nitrogens with one attached hydrogen (secondary N) is 1. The summed E-state index contributed by atoms with van der Waals surface area (Å²) in [7, 11) is 0. The predicted octanol–water partition coefficient (Wildman–Crippen LogP) is 0.877. The van der Waals surface area contributed by atoms with E-state index >= 15 is 0 Å². The third-order valence-corrected chi connectivity index (χ3v) is 4.39. The molecule has 1 fully saturated rings. The standard InChI is InChI=1S/C14H19N3O/c1-9-6-15-7-12-5-11-4-10-2-3-18-8-13(10)16-14(11)17(9)12/h4,9,12,15H,2-3,5-8H2,1H3/t9-,12-/m1/s1. The number of anilines is 1. The van der Waals surface area contributed by atoms with E-state index in [-0.39, 0.29) is 0 Å². The molecule has 1 aromatic rings. The molecule has 2 atom stereocenters. The fourth-order valence-corrected chi connectivity index (χ4v) is 3.52. The zero-order chi connectivity index (χ0) is 12.1. The first-order chi connectivity index (χ1) is 8.83. The van der Waals surface area contributed by atoms with Gasteiger partial charge in [0, 0.05) is 25.2 Å². The summed E-state index contributed by atoms with van der Waals surface area (Å²) in [5.41, 5.74) is 4.00. The fourth-order valence-electron chi connectivity index (χ4n) is 3.52. The molecule has 3 aliphatic rings. The molecule has 1 saturated heterocycles. The molecule has 0 radical (unpaired) electrons. The van der Waals surface area contributed by atoms with Crippen LogP contribution in [0.4, 0.5) is 5.82 Å². The van der Waals surface area contributed by atoms with Gasteiger partial charge in [-0.1, -0.05) is 6.07 Å². The molecule has 0 aromatic carbocycles. The van der Waals surface area contributed by atoms with E-state index in [1.807, 2.05) is 0 Å². The van der Waals surface area contributed by atoms with Crippen molar-refractivity contribution in [2.24, 2.45) is 0 Å². The number of pyridine rings is 1. The number of ether oxygens (including phenoxy) is 1. The Hall–Kier alpha value is -1.13. The third kappa shape index (κ3) is 1.49. The highest BCUT2D eigenvalue weighted by molar-refractivity contribution is 5.57. The molecule has 4 heteroatoms. The zero-order valence-corrected chi connectivity index (χ0v) is 10.8. The summed E-state index contributed by atoms with van der Waals surface area (Å²) in [6, 6.07) is 3.52. The number of nitrogens with zero attached hydrogens (tertiary/aromatic N) is 2. The monoisotopic (exact) mass is 245 g/mol. The average molecular weight is 245 g/mol. The van der Waals surface area contributed by atoms with Crippen LogP contribution in [0, 0.1) is 0 Å². The van der Waals surface area contributed by atoms with Gasteiger partial charge in [0.25, 0.3) is 0 Å². The molecule has 1 aromatic heterocycles. The molecule has 96 valence electrons. The van der Waals surface area contributed by atoms with E-state index in [2.05, 4.69) is 23.2 Å². The zero-order valence-electron chi connectivity index (χ0n) is 10.8. The quantitative estimate of drug-likeness (QED) is 0.736. The molecule has 0 aliphatic carbocycles. The maximum atomic E-state index is 5.53. The summed E-state index contributed by atoms with van der Waals surface area (Å²) >= 11 is 0. The van der Waals surface area contributed by atoms with E-state index in [1.54, 1.807) is 0 Å². The molecule has 0 spiro atoms. The van der Waals surface area contributed by atoms with Crippen LogP contribution in [-0.4, -0.2) is 36.8 Å². The van der Waals surface area contributed by atoms with Gasteiger partial charge >= 0.3 is 0 Å². The van der Waals surface area contributed by atoms with Gasteiger partial charge < -0.3 is 15.0 Å². The van der Waals surface area contributed by atoms with Crippen molar-refractivity contribution in [2.45, 2.75) is 38.5 Å². The Kier molecular flexibility index (Phi) is 2.35. The number of hydrogen-bond donors (Lipinski definition) is 1. The maximum Gasteiger partial charge on any atom is 0.132 e. The Labute approximate surface area is 107 Å². The van der Waals surface area contributed by atoms with Crippen LogP contribution >= 0.6 is 0 Å². The highest BCUT2D eigenvalue weighted by Crippen LogP contribution is 2.35. The van der Waals surface area contributed by atoms with Gasteiger partial charge in [-0.15, -0.1) is 0 Å². The van der Waals surface area contributed by atoms with Gasteiger partial charge in [-0.25, -0.2) is 4.98 Å². The number of fused-ring (bicyclic) bond motifs is 4. The minimum absolute atomic E-state index is 0.542. The molecule has 18 heavy (non-hydrogen) atoms. The summed E-state index contributed by atoms with van der Waals surface area (Å²) in [6.07, 6.45) is 2.17. The molecule has 4 rings (SSSR count). The van der Waals surface area contributed by atoms with Crippen LogP contribution in [0.1, 0.15) is 23.7 Å². The van der Waals surface area contributed by atoms with Crippen molar-refractivity contribution in [1.82, 2.24) is 10.3 Å². The normalized spacial score (nSPS) is 29.7. The topological polar surface area (TPSA) is 37.4 Å². The Morgan fingerprint density at radius 2 is 2.33 bits per heavy atom. The van der Waals surface area contributed by atoms with Crippen molar-refractivity contribution in [1.29, 1.82) is 0 Å². The van der Waals surface area contributed by atoms with Crippen molar-refractivity contribution in [3.63, 3.8) is 0 Å². The first kappa shape index (κ1) is 10.8. The molecule has 0 saturated carbocycles. The largest absolute Gasteiger partial charge is 0.375 e. The Morgan fingerprint density at radius 1 is 1.39 bits per heavy atom. The Balaban J connectivity index is 1.78. The summed E-state index contributed by atoms with van der Waals surface area (Å²) in [4.78, 5) is 7.42. The number of rotatable bonds is 0. The SMILES string of the molecule is C[C@@H]1CNC[C@H]2Cc3cc4c(nc3N21)COCC4. The van der Waals surface area contributed by atoms with Crippen LogP contribution in [0.25, 0.3) is 0 Å². The lowest BCUT2D eigenvalue weighted by Crippen LogP contribution is -2.55. The van der Waals surface area contributed by atoms with Crippen molar-refractivity contribution in [3.05, 3.63) is 22.9 Å². The van der Waals surface area contributed by atoms with E-state index in [1.165, 1.54) is 16.9 Å². The fraction of sp³-hybridized carbons (Fsp3) is 0.643. The molecule has 3 aliphatic heterocycles. The minimum Gasteiger partial charge on any atom is -0.375 e. The maximum absolute atomic E-state index is 5.53. The Bertz CT molecular complexity index is 488. The first-order valence-corrected chi connectivity index (χ1v) is 6.91. The molecular formula is C14H19N3O. The number of piperazine rings is 1. The van der Waals surface area contributed by atoms with E-state index in [4.69, 9.17) is 9.72 Å². The number of hydrogen-bond acceptors (Lipinski definition) is 4. The number of aromatic nitrogens is 1. The first-order valence-electron chi connectivity index (χ1n) is 6.91. The van der Waals surface area contributed by atoms with Crippen molar-refractivity contribution in [3.8, 4) is 0 Å². The lowest BCUT2D eigenvalue weighted by molar-refractivity contribution is 0.107. The van der Waals surface area contributed by atoms with Gasteiger partial charge in [-0.2, -0.15) is 0 Å². The van der Waals surface area contributed by atoms with Gasteiger partial charge in [0.05, 0.1) is 18.9 Å². The van der Waals surface area contributed by atoms with E-state index in [0.29, 0.717) is 18.7 Å². The van der Waals surface area contributed by atoms with Crippen molar-refractivity contribution >= 4 is 5.82 Å². The predicted molar refractivity (Wildman–Crippen MR) is 69.9 cm³/mol. The van der Waals surface area contributed by atoms with Gasteiger partial charge in [0.15, 0.2) is 0 Å². The second-order valence-corrected chi connectivity index (χ2v) is 5.65. The van der Waals surface area contributed by atoms with Crippen molar-refractivity contribution in [2.75, 3.05) is 24.6 Å². The van der Waals surface area contributed by atoms with Crippen LogP contribution in [0.5, 0.6) is 0 Å². The molecule has 0 amide bonds. The second-order valence-electron chi connectivity index (χ2n) is 5.65. The molecule has 4 nitrogen and oxygen atoms in total. The van der Waals surface area contributed by atoms with E-state index in [0.717, 1.165) is 38.2 Å². The van der Waals surface area contributed by atoms with Crippen LogP contribution in [0.15, 0.2) is 6.07 Å². The Morgan fingerprint density at radius 3 is 3.28 bits per heavy atom. The van der Waals surface area contributed by atoms with Gasteiger partial charge in [0.2, 0.25) is 0 Å². The summed E-state index contributed by atoms with van der Waals surface area (Å²) < 4.78 is 5.53. The summed E-state index contributed by atoms with van der Waals surface area (Å²) in [6.45, 7) is 5.96. The van der Waals surface area contributed by atoms with Gasteiger partial charge in [-0.3, -0.25) is 0 Å². The third-order valence-electron chi connectivity index (χ3n) is 4.39. The van der Waals surface area contributed by atoms with E-state index < -0.39 is 0 Å². The van der Waals surface area contributed by atoms with Crippen molar-refractivity contribution < 1.29 is 4.74 Å². The molecule has 4 heterocycles. The second kappa shape index (κ2) is 3.93. The van der Waals surface area contributed by atoms with Gasteiger partial charge in [-0.05, 0) is 30.9 Å². The van der Waals surface area contributed by atoms with Gasteiger partial charge in [0.1, 0.15) is 5.82 Å². The highest BCUT2D eigenvalue weighted by atomic mass is 16.5. The average Bonchev–Trinajstić information content (AvgIpc) is 2.74. The van der Waals surface area contributed by atoms with Crippen LogP contribution in [-0.2, 0) is 24.2 Å². The lowest BCUT2D eigenvalue weighted by Gasteiger charge is -2.38. The summed E-state index contributed by atoms with van der Waals surface area (Å²) in [5, 5.41) is 3.52. The lowest BCUT2D eigenvalue weighted by atomic mass is 10.0. The smallest absolute Gasteiger partial charge is 0.132 e. The van der Waals surface area contributed by atoms with E-state index in [9.17, 15) is 0 Å². The van der Waals surface area contributed by atoms with Crippen LogP contribution in [0.2, 0.25) is 0 Å². The highest BCUT2D eigenvalue weighted by Gasteiger charge is 2.37. The molecule has 0 bridgehead atoms. The molecule has 1 N–H and O–H groups in total. The summed E-state index contributed by atoms with van der Waals surface area (Å²) in [5.74, 6) is 1.22.